The van der Waals surface area contributed by atoms with Crippen LogP contribution >= 0.6 is 0 Å². The maximum absolute atomic E-state index is 12.2. The van der Waals surface area contributed by atoms with Crippen LogP contribution in [0.2, 0.25) is 0 Å². The van der Waals surface area contributed by atoms with Crippen LogP contribution in [-0.4, -0.2) is 22.0 Å². The Kier molecular flexibility index (Phi) is 6.10. The molecule has 5 heteroatoms. The molecule has 28 heavy (non-hydrogen) atoms. The summed E-state index contributed by atoms with van der Waals surface area (Å²) >= 11 is 0. The SMILES string of the molecule is O=C(/C=C/c1ccncc1)Nc1cc(C=Cc2ccccc2)ccc1C(=O)O. The average molecular weight is 370 g/mol. The summed E-state index contributed by atoms with van der Waals surface area (Å²) in [5.41, 5.74) is 2.90. The van der Waals surface area contributed by atoms with Crippen LogP contribution in [0.5, 0.6) is 0 Å². The number of pyridine rings is 1. The lowest BCUT2D eigenvalue weighted by Gasteiger charge is -2.08. The first-order valence-corrected chi connectivity index (χ1v) is 8.61. The second kappa shape index (κ2) is 9.09. The normalized spacial score (nSPS) is 11.0. The van der Waals surface area contributed by atoms with Crippen molar-refractivity contribution in [2.24, 2.45) is 0 Å². The molecule has 3 rings (SSSR count). The number of aromatic nitrogens is 1. The van der Waals surface area contributed by atoms with E-state index in [9.17, 15) is 14.7 Å². The molecule has 1 aromatic heterocycles. The molecule has 0 atom stereocenters. The van der Waals surface area contributed by atoms with Gasteiger partial charge in [0, 0.05) is 18.5 Å². The summed E-state index contributed by atoms with van der Waals surface area (Å²) < 4.78 is 0. The number of amides is 1. The zero-order chi connectivity index (χ0) is 19.8. The van der Waals surface area contributed by atoms with Gasteiger partial charge in [-0.05, 0) is 47.0 Å². The van der Waals surface area contributed by atoms with Gasteiger partial charge >= 0.3 is 5.97 Å². The molecular formula is C23H18N2O3. The quantitative estimate of drug-likeness (QED) is 0.491. The minimum absolute atomic E-state index is 0.0301. The van der Waals surface area contributed by atoms with Crippen molar-refractivity contribution in [3.05, 3.63) is 101 Å². The molecule has 0 spiro atoms. The van der Waals surface area contributed by atoms with E-state index in [-0.39, 0.29) is 11.3 Å². The van der Waals surface area contributed by atoms with Crippen LogP contribution in [0.3, 0.4) is 0 Å². The van der Waals surface area contributed by atoms with Gasteiger partial charge in [-0.2, -0.15) is 0 Å². The predicted molar refractivity (Wildman–Crippen MR) is 111 cm³/mol. The summed E-state index contributed by atoms with van der Waals surface area (Å²) in [4.78, 5) is 27.6. The Morgan fingerprint density at radius 3 is 2.21 bits per heavy atom. The lowest BCUT2D eigenvalue weighted by Crippen LogP contribution is -2.12. The molecule has 0 aliphatic carbocycles. The highest BCUT2D eigenvalue weighted by Crippen LogP contribution is 2.20. The van der Waals surface area contributed by atoms with Gasteiger partial charge in [0.25, 0.3) is 0 Å². The van der Waals surface area contributed by atoms with Crippen molar-refractivity contribution in [3.63, 3.8) is 0 Å². The first-order valence-electron chi connectivity index (χ1n) is 8.61. The van der Waals surface area contributed by atoms with Crippen molar-refractivity contribution in [1.82, 2.24) is 4.98 Å². The standard InChI is InChI=1S/C23H18N2O3/c26-22(11-9-18-12-14-24-15-13-18)25-21-16-19(8-10-20(21)23(27)28)7-6-17-4-2-1-3-5-17/h1-16H,(H,25,26)(H,27,28)/b7-6?,11-9+. The summed E-state index contributed by atoms with van der Waals surface area (Å²) in [7, 11) is 0. The Balaban J connectivity index is 1.79. The van der Waals surface area contributed by atoms with Gasteiger partial charge in [0.15, 0.2) is 0 Å². The topological polar surface area (TPSA) is 79.3 Å². The largest absolute Gasteiger partial charge is 0.478 e. The molecule has 0 saturated carbocycles. The molecule has 0 fully saturated rings. The molecular weight excluding hydrogens is 352 g/mol. The highest BCUT2D eigenvalue weighted by atomic mass is 16.4. The lowest BCUT2D eigenvalue weighted by molar-refractivity contribution is -0.111. The van der Waals surface area contributed by atoms with E-state index in [0.717, 1.165) is 16.7 Å². The molecule has 0 unspecified atom stereocenters. The molecule has 1 amide bonds. The second-order valence-corrected chi connectivity index (χ2v) is 5.96. The minimum atomic E-state index is -1.10. The number of carbonyl (C=O) groups is 2. The van der Waals surface area contributed by atoms with Gasteiger partial charge in [-0.3, -0.25) is 9.78 Å². The number of carboxylic acid groups (broad SMARTS) is 1. The number of hydrogen-bond donors (Lipinski definition) is 2. The van der Waals surface area contributed by atoms with Crippen LogP contribution in [0.1, 0.15) is 27.0 Å². The summed E-state index contributed by atoms with van der Waals surface area (Å²) in [6, 6.07) is 18.1. The molecule has 0 aliphatic rings. The number of anilines is 1. The van der Waals surface area contributed by atoms with E-state index in [1.165, 1.54) is 12.1 Å². The van der Waals surface area contributed by atoms with Crippen molar-refractivity contribution in [3.8, 4) is 0 Å². The third-order valence-corrected chi connectivity index (χ3v) is 3.93. The predicted octanol–water partition coefficient (Wildman–Crippen LogP) is 4.60. The van der Waals surface area contributed by atoms with Crippen LogP contribution in [0.4, 0.5) is 5.69 Å². The fourth-order valence-corrected chi connectivity index (χ4v) is 2.53. The fraction of sp³-hybridized carbons (Fsp3) is 0. The Hall–Kier alpha value is -3.99. The summed E-state index contributed by atoms with van der Waals surface area (Å²) in [5, 5.41) is 12.0. The van der Waals surface area contributed by atoms with Gasteiger partial charge in [-0.15, -0.1) is 0 Å². The van der Waals surface area contributed by atoms with E-state index in [0.29, 0.717) is 0 Å². The second-order valence-electron chi connectivity index (χ2n) is 5.96. The van der Waals surface area contributed by atoms with Crippen LogP contribution < -0.4 is 5.32 Å². The Bertz CT molecular complexity index is 1030. The molecule has 0 bridgehead atoms. The van der Waals surface area contributed by atoms with E-state index in [2.05, 4.69) is 10.3 Å². The molecule has 5 nitrogen and oxygen atoms in total. The van der Waals surface area contributed by atoms with Crippen LogP contribution in [-0.2, 0) is 4.79 Å². The average Bonchev–Trinajstić information content (AvgIpc) is 2.72. The van der Waals surface area contributed by atoms with Gasteiger partial charge in [-0.25, -0.2) is 4.79 Å². The van der Waals surface area contributed by atoms with E-state index in [1.807, 2.05) is 42.5 Å². The van der Waals surface area contributed by atoms with Crippen LogP contribution in [0, 0.1) is 0 Å². The third kappa shape index (κ3) is 5.25. The molecule has 1 heterocycles. The molecule has 138 valence electrons. The highest BCUT2D eigenvalue weighted by molar-refractivity contribution is 6.06. The zero-order valence-corrected chi connectivity index (χ0v) is 14.9. The summed E-state index contributed by atoms with van der Waals surface area (Å²) in [5.74, 6) is -1.52. The monoisotopic (exact) mass is 370 g/mol. The van der Waals surface area contributed by atoms with Crippen molar-refractivity contribution in [2.75, 3.05) is 5.32 Å². The lowest BCUT2D eigenvalue weighted by atomic mass is 10.1. The van der Waals surface area contributed by atoms with E-state index >= 15 is 0 Å². The maximum Gasteiger partial charge on any atom is 0.337 e. The zero-order valence-electron chi connectivity index (χ0n) is 14.9. The highest BCUT2D eigenvalue weighted by Gasteiger charge is 2.11. The Morgan fingerprint density at radius 1 is 0.821 bits per heavy atom. The summed E-state index contributed by atoms with van der Waals surface area (Å²) in [6.45, 7) is 0. The summed E-state index contributed by atoms with van der Waals surface area (Å²) in [6.07, 6.45) is 10.0. The van der Waals surface area contributed by atoms with E-state index in [4.69, 9.17) is 0 Å². The van der Waals surface area contributed by atoms with Gasteiger partial charge in [0.2, 0.25) is 5.91 Å². The Morgan fingerprint density at radius 2 is 1.50 bits per heavy atom. The van der Waals surface area contributed by atoms with Crippen molar-refractivity contribution in [2.45, 2.75) is 0 Å². The number of hydrogen-bond acceptors (Lipinski definition) is 3. The molecule has 2 N–H and O–H groups in total. The van der Waals surface area contributed by atoms with Gasteiger partial charge in [-0.1, -0.05) is 48.6 Å². The maximum atomic E-state index is 12.2. The van der Waals surface area contributed by atoms with Crippen molar-refractivity contribution in [1.29, 1.82) is 0 Å². The van der Waals surface area contributed by atoms with Gasteiger partial charge in [0.05, 0.1) is 11.3 Å². The van der Waals surface area contributed by atoms with Crippen LogP contribution in [0.25, 0.3) is 18.2 Å². The van der Waals surface area contributed by atoms with Crippen molar-refractivity contribution >= 4 is 35.8 Å². The number of nitrogens with one attached hydrogen (secondary N) is 1. The first-order chi connectivity index (χ1) is 13.6. The number of nitrogens with zero attached hydrogens (tertiary/aromatic N) is 1. The molecule has 2 aromatic carbocycles. The molecule has 0 saturated heterocycles. The van der Waals surface area contributed by atoms with Crippen LogP contribution in [0.15, 0.2) is 79.1 Å². The molecule has 3 aromatic rings. The number of carboxylic acids is 1. The first kappa shape index (κ1) is 18.8. The fourth-order valence-electron chi connectivity index (χ4n) is 2.53. The number of rotatable bonds is 6. The number of carbonyl (C=O) groups excluding carboxylic acids is 1. The smallest absolute Gasteiger partial charge is 0.337 e. The van der Waals surface area contributed by atoms with Gasteiger partial charge in [0.1, 0.15) is 0 Å². The third-order valence-electron chi connectivity index (χ3n) is 3.93. The number of benzene rings is 2. The molecule has 0 radical (unpaired) electrons. The minimum Gasteiger partial charge on any atom is -0.478 e. The Labute approximate surface area is 162 Å². The van der Waals surface area contributed by atoms with E-state index in [1.54, 1.807) is 42.7 Å². The van der Waals surface area contributed by atoms with Crippen molar-refractivity contribution < 1.29 is 14.7 Å². The molecule has 0 aliphatic heterocycles. The number of aromatic carboxylic acids is 1. The van der Waals surface area contributed by atoms with Gasteiger partial charge < -0.3 is 10.4 Å². The van der Waals surface area contributed by atoms with E-state index < -0.39 is 11.9 Å².